The molecule has 87 heavy (non-hydrogen) atoms. The molecule has 4 aromatic rings. The first kappa shape index (κ1) is 66.6. The number of phenols is 1. The Bertz CT molecular complexity index is 3230. The summed E-state index contributed by atoms with van der Waals surface area (Å²) in [5.74, 6) is -12.4. The fourth-order valence-corrected chi connectivity index (χ4v) is 10.8. The van der Waals surface area contributed by atoms with Crippen LogP contribution < -0.4 is 41.7 Å². The number of amides is 7. The van der Waals surface area contributed by atoms with E-state index < -0.39 is 199 Å². The number of aromatic nitrogens is 1. The molecule has 31 nitrogen and oxygen atoms in total. The zero-order chi connectivity index (χ0) is 63.8. The molecule has 0 radical (unpaired) electrons. The molecule has 3 saturated heterocycles. The van der Waals surface area contributed by atoms with Gasteiger partial charge in [-0.15, -0.1) is 0 Å². The van der Waals surface area contributed by atoms with Crippen molar-refractivity contribution in [3.8, 4) is 39.8 Å². The first-order valence-corrected chi connectivity index (χ1v) is 29.0. The molecule has 18 N–H and O–H groups in total. The van der Waals surface area contributed by atoms with Gasteiger partial charge in [0.1, 0.15) is 53.9 Å². The SMILES string of the molecule is C[C@@H](O)[C@H]1NC(=O)[C@@H](NC(=O)c2ccc(-c3cc(-c4ccc(OCCCCN)cc4)on3)cc2)C[C@@H](O)[C@@H](O)NC(=O)[C@@H]2[C@@H](O)[C@@H](C)CN2C(=O)[C@H]([C@H](O)CC(N)=O)C[C@H]([C@H](O)[C@@H](O)c2ccc(O)c(OS(=O)(=O)O)c2)NC(=O)[C@@H]2C[C@@H](O)CN2C1=O. The normalized spacial score (nSPS) is 26.7. The lowest BCUT2D eigenvalue weighted by Crippen LogP contribution is -2.62. The lowest BCUT2D eigenvalue weighted by Gasteiger charge is -2.36. The minimum atomic E-state index is -5.31. The smallest absolute Gasteiger partial charge is 0.446 e. The zero-order valence-electron chi connectivity index (χ0n) is 46.9. The van der Waals surface area contributed by atoms with Gasteiger partial charge in [-0.2, -0.15) is 8.42 Å². The molecule has 0 unspecified atom stereocenters. The summed E-state index contributed by atoms with van der Waals surface area (Å²) in [6, 6.07) is 7.04. The van der Waals surface area contributed by atoms with Gasteiger partial charge in [-0.1, -0.05) is 30.3 Å². The van der Waals surface area contributed by atoms with Crippen LogP contribution in [0.3, 0.4) is 0 Å². The third-order valence-electron chi connectivity index (χ3n) is 15.2. The number of nitrogens with zero attached hydrogens (tertiary/aromatic N) is 3. The fourth-order valence-electron chi connectivity index (χ4n) is 10.5. The van der Waals surface area contributed by atoms with Gasteiger partial charge in [0.25, 0.3) is 5.91 Å². The highest BCUT2D eigenvalue weighted by Crippen LogP contribution is 2.35. The molecule has 474 valence electrons. The van der Waals surface area contributed by atoms with Crippen molar-refractivity contribution in [2.75, 3.05) is 26.2 Å². The summed E-state index contributed by atoms with van der Waals surface area (Å²) in [5.41, 5.74) is 11.9. The monoisotopic (exact) mass is 1240 g/mol. The molecule has 0 aliphatic carbocycles. The van der Waals surface area contributed by atoms with Crippen molar-refractivity contribution in [2.45, 2.75) is 132 Å². The Morgan fingerprint density at radius 3 is 2.15 bits per heavy atom. The highest BCUT2D eigenvalue weighted by atomic mass is 32.3. The number of ether oxygens (including phenoxy) is 1. The van der Waals surface area contributed by atoms with Crippen LogP contribution in [-0.4, -0.2) is 215 Å². The Kier molecular flexibility index (Phi) is 22.0. The lowest BCUT2D eigenvalue weighted by atomic mass is 9.86. The van der Waals surface area contributed by atoms with E-state index in [-0.39, 0.29) is 5.56 Å². The molecule has 3 aromatic carbocycles. The third kappa shape index (κ3) is 16.6. The molecule has 32 heteroatoms. The molecule has 3 fully saturated rings. The molecule has 1 aromatic heterocycles. The Hall–Kier alpha value is -7.89. The number of nitrogens with two attached hydrogens (primary N) is 2. The third-order valence-corrected chi connectivity index (χ3v) is 15.6. The van der Waals surface area contributed by atoms with E-state index >= 15 is 0 Å². The number of primary amides is 1. The van der Waals surface area contributed by atoms with Gasteiger partial charge in [0, 0.05) is 54.6 Å². The van der Waals surface area contributed by atoms with Gasteiger partial charge in [0.15, 0.2) is 23.5 Å². The molecule has 0 spiro atoms. The van der Waals surface area contributed by atoms with Crippen molar-refractivity contribution in [2.24, 2.45) is 23.3 Å². The van der Waals surface area contributed by atoms with Crippen molar-refractivity contribution in [3.63, 3.8) is 0 Å². The summed E-state index contributed by atoms with van der Waals surface area (Å²) >= 11 is 0. The molecule has 0 saturated carbocycles. The quantitative estimate of drug-likeness (QED) is 0.0335. The van der Waals surface area contributed by atoms with Crippen LogP contribution in [-0.2, 0) is 39.2 Å². The van der Waals surface area contributed by atoms with Crippen LogP contribution >= 0.6 is 0 Å². The summed E-state index contributed by atoms with van der Waals surface area (Å²) in [6.07, 6.45) is -18.5. The Balaban J connectivity index is 1.21. The lowest BCUT2D eigenvalue weighted by molar-refractivity contribution is -0.150. The number of aromatic hydroxyl groups is 1. The van der Waals surface area contributed by atoms with Gasteiger partial charge in [-0.3, -0.25) is 38.1 Å². The molecule has 3 aliphatic rings. The number of hydrogen-bond acceptors (Lipinski definition) is 23. The summed E-state index contributed by atoms with van der Waals surface area (Å²) in [6.45, 7) is 2.37. The second-order valence-electron chi connectivity index (χ2n) is 21.7. The van der Waals surface area contributed by atoms with Gasteiger partial charge in [0.05, 0.1) is 49.4 Å². The van der Waals surface area contributed by atoms with E-state index in [0.29, 0.717) is 47.5 Å². The zero-order valence-corrected chi connectivity index (χ0v) is 47.8. The number of rotatable bonds is 18. The van der Waals surface area contributed by atoms with Crippen molar-refractivity contribution in [1.82, 2.24) is 36.2 Å². The Morgan fingerprint density at radius 1 is 0.828 bits per heavy atom. The molecular weight excluding hydrogens is 1170 g/mol. The van der Waals surface area contributed by atoms with E-state index in [9.17, 15) is 92.5 Å². The number of unbranched alkanes of at least 4 members (excludes halogenated alkanes) is 1. The Labute approximate surface area is 497 Å². The van der Waals surface area contributed by atoms with Crippen molar-refractivity contribution < 1.29 is 106 Å². The maximum atomic E-state index is 14.9. The average molecular weight is 1240 g/mol. The minimum absolute atomic E-state index is 0.0848. The molecule has 4 heterocycles. The van der Waals surface area contributed by atoms with E-state index in [1.165, 1.54) is 31.2 Å². The van der Waals surface area contributed by atoms with E-state index in [0.717, 1.165) is 41.7 Å². The number of carbonyl (C=O) groups is 7. The number of aliphatic hydroxyl groups is 8. The minimum Gasteiger partial charge on any atom is -0.504 e. The molecule has 7 amide bonds. The van der Waals surface area contributed by atoms with Crippen molar-refractivity contribution >= 4 is 51.7 Å². The first-order valence-electron chi connectivity index (χ1n) is 27.6. The highest BCUT2D eigenvalue weighted by Gasteiger charge is 2.51. The van der Waals surface area contributed by atoms with Crippen LogP contribution in [0.1, 0.15) is 74.4 Å². The second kappa shape index (κ2) is 28.7. The van der Waals surface area contributed by atoms with Gasteiger partial charge in [0.2, 0.25) is 35.4 Å². The van der Waals surface area contributed by atoms with Crippen LogP contribution in [0.25, 0.3) is 22.6 Å². The largest absolute Gasteiger partial charge is 0.504 e. The summed E-state index contributed by atoms with van der Waals surface area (Å²) in [4.78, 5) is 101. The van der Waals surface area contributed by atoms with E-state index in [2.05, 4.69) is 30.6 Å². The Morgan fingerprint density at radius 2 is 1.51 bits per heavy atom. The first-order chi connectivity index (χ1) is 41.0. The summed E-state index contributed by atoms with van der Waals surface area (Å²) in [5, 5.41) is 115. The standard InChI is InChI=1S/C55H71N9O22S/c1-25-23-64-45(46(25)71)53(78)61-52(77)40(69)20-36(59-49(74)29-7-5-27(6-8-29)34-21-41(85-62-34)28-9-12-32(13-10-28)84-16-4-3-15-56)50(75)60-44(26(2)65)55(80)63-24-31(66)18-37(63)51(76)58-35(19-33(54(64)79)39(68)22-43(57)70)48(73)47(72)30-11-14-38(67)42(17-30)86-87(81,82)83/h5-14,17,21,25-26,31,33,35-37,39-40,44-48,52,65-69,71-73,77H,3-4,15-16,18-20,22-24,56H2,1-2H3,(H2,57,70)(H,58,76)(H,59,74)(H,60,75)(H,61,78)(H,81,82,83)/t25-,26+,31+,33-,35+,36-,37-,39+,40+,44+,45-,46-,47-,48-,52+/m0/s1. The van der Waals surface area contributed by atoms with Crippen LogP contribution in [0.4, 0.5) is 0 Å². The van der Waals surface area contributed by atoms with Gasteiger partial charge < -0.3 is 102 Å². The predicted octanol–water partition coefficient (Wildman–Crippen LogP) is -3.83. The number of carbonyl (C=O) groups excluding carboxylic acids is 7. The maximum absolute atomic E-state index is 14.9. The molecule has 7 rings (SSSR count). The fraction of sp³-hybridized carbons (Fsp3) is 0.491. The summed E-state index contributed by atoms with van der Waals surface area (Å²) < 4.78 is 48.2. The van der Waals surface area contributed by atoms with Crippen LogP contribution in [0.5, 0.6) is 17.2 Å². The number of hydrogen-bond donors (Lipinski definition) is 16. The second-order valence-corrected chi connectivity index (χ2v) is 22.7. The van der Waals surface area contributed by atoms with Gasteiger partial charge in [-0.25, -0.2) is 0 Å². The van der Waals surface area contributed by atoms with E-state index in [4.69, 9.17) is 20.7 Å². The van der Waals surface area contributed by atoms with Crippen LogP contribution in [0, 0.1) is 11.8 Å². The topological polar surface area (TPSA) is 507 Å². The van der Waals surface area contributed by atoms with Gasteiger partial charge >= 0.3 is 10.4 Å². The van der Waals surface area contributed by atoms with E-state index in [1.54, 1.807) is 30.3 Å². The highest BCUT2D eigenvalue weighted by molar-refractivity contribution is 7.81. The molecule has 0 bridgehead atoms. The van der Waals surface area contributed by atoms with Crippen molar-refractivity contribution in [3.05, 3.63) is 83.9 Å². The van der Waals surface area contributed by atoms with Crippen LogP contribution in [0.2, 0.25) is 0 Å². The van der Waals surface area contributed by atoms with Crippen molar-refractivity contribution in [1.29, 1.82) is 0 Å². The number of benzene rings is 3. The molecular formula is C55H71N9O22S. The number of fused-ring (bicyclic) bond motifs is 2. The molecule has 15 atom stereocenters. The summed E-state index contributed by atoms with van der Waals surface area (Å²) in [7, 11) is -5.31. The number of nitrogens with one attached hydrogen (secondary N) is 4. The number of aliphatic hydroxyl groups excluding tert-OH is 8. The van der Waals surface area contributed by atoms with Gasteiger partial charge in [-0.05, 0) is 86.8 Å². The molecule has 3 aliphatic heterocycles. The number of phenolic OH excluding ortho intramolecular Hbond substituents is 1. The van der Waals surface area contributed by atoms with Crippen LogP contribution in [0.15, 0.2) is 77.3 Å². The maximum Gasteiger partial charge on any atom is 0.446 e. The predicted molar refractivity (Wildman–Crippen MR) is 299 cm³/mol. The van der Waals surface area contributed by atoms with E-state index in [1.807, 2.05) is 0 Å². The average Bonchev–Trinajstić information content (AvgIpc) is 1.85.